The molecule has 4 aliphatic rings. The van der Waals surface area contributed by atoms with Gasteiger partial charge in [-0.05, 0) is 146 Å². The van der Waals surface area contributed by atoms with Crippen LogP contribution in [-0.4, -0.2) is 12.3 Å². The van der Waals surface area contributed by atoms with E-state index in [1.807, 2.05) is 0 Å². The van der Waals surface area contributed by atoms with Gasteiger partial charge >= 0.3 is 0 Å². The Bertz CT molecular complexity index is 3780. The first-order chi connectivity index (χ1) is 36.5. The normalized spacial score (nSPS) is 18.9. The first kappa shape index (κ1) is 49.6. The molecule has 0 N–H and O–H groups in total. The van der Waals surface area contributed by atoms with Crippen molar-refractivity contribution in [1.29, 1.82) is 0 Å². The number of anilines is 8. The predicted octanol–water partition coefficient (Wildman–Crippen LogP) is 18.3. The largest absolute Gasteiger partial charge is 0.454 e. The van der Waals surface area contributed by atoms with E-state index in [1.165, 1.54) is 85.2 Å². The predicted molar refractivity (Wildman–Crippen MR) is 331 cm³/mol. The molecule has 3 aliphatic heterocycles. The van der Waals surface area contributed by atoms with Crippen molar-refractivity contribution in [2.24, 2.45) is 0 Å². The van der Waals surface area contributed by atoms with Crippen LogP contribution in [0.5, 0.6) is 0 Å². The van der Waals surface area contributed by atoms with Crippen molar-refractivity contribution in [3.63, 3.8) is 0 Å². The molecule has 5 heteroatoms. The van der Waals surface area contributed by atoms with Crippen molar-refractivity contribution in [1.82, 2.24) is 0 Å². The van der Waals surface area contributed by atoms with E-state index in [0.29, 0.717) is 0 Å². The molecule has 0 amide bonds. The van der Waals surface area contributed by atoms with E-state index < -0.39 is 0 Å². The van der Waals surface area contributed by atoms with Gasteiger partial charge in [0.15, 0.2) is 5.58 Å². The molecule has 1 aromatic heterocycles. The first-order valence-electron chi connectivity index (χ1n) is 28.6. The number of fused-ring (bicyclic) bond motifs is 11. The van der Waals surface area contributed by atoms with Crippen molar-refractivity contribution >= 4 is 90.5 Å². The Morgan fingerprint density at radius 3 is 1.70 bits per heavy atom. The number of hydrogen-bond donors (Lipinski definition) is 0. The molecule has 77 heavy (non-hydrogen) atoms. The molecule has 1 aliphatic carbocycles. The lowest BCUT2D eigenvalue weighted by Gasteiger charge is -2.53. The van der Waals surface area contributed by atoms with Gasteiger partial charge in [-0.25, -0.2) is 0 Å². The number of nitrogens with zero attached hydrogens (tertiary/aromatic N) is 3. The second-order valence-corrected chi connectivity index (χ2v) is 27.8. The van der Waals surface area contributed by atoms with E-state index >= 15 is 0 Å². The van der Waals surface area contributed by atoms with Gasteiger partial charge in [0, 0.05) is 50.2 Å². The molecule has 4 nitrogen and oxygen atoms in total. The Balaban J connectivity index is 1.21. The molecular weight excluding hydrogens is 934 g/mol. The SMILES string of the molecule is CC(C)(C)c1ccc(N(c2ccc(C(C)(C)C)cc2)c2cc3c4c(c2)N2c5c(cc(C(C)(C)C)cc5C5(C)CCCCC25C)B4c2ccc4c(oc5ccccc54)c2N3c2ccc(C(C)(C)C)cc2-c2ccccc2)cc1. The summed E-state index contributed by atoms with van der Waals surface area (Å²) in [6.07, 6.45) is 4.70. The maximum atomic E-state index is 7.35. The summed E-state index contributed by atoms with van der Waals surface area (Å²) in [5, 5.41) is 2.27. The van der Waals surface area contributed by atoms with Gasteiger partial charge in [-0.2, -0.15) is 0 Å². The summed E-state index contributed by atoms with van der Waals surface area (Å²) in [5.74, 6) is 0. The van der Waals surface area contributed by atoms with Gasteiger partial charge in [-0.3, -0.25) is 0 Å². The molecule has 388 valence electrons. The fraction of sp³-hybridized carbons (Fsp3) is 0.333. The van der Waals surface area contributed by atoms with Crippen LogP contribution in [-0.2, 0) is 27.1 Å². The van der Waals surface area contributed by atoms with E-state index in [0.717, 1.165) is 63.2 Å². The molecule has 1 saturated carbocycles. The highest BCUT2D eigenvalue weighted by Crippen LogP contribution is 2.63. The Hall–Kier alpha value is -6.98. The summed E-state index contributed by atoms with van der Waals surface area (Å²) in [5.41, 5.74) is 24.3. The lowest BCUT2D eigenvalue weighted by molar-refractivity contribution is 0.195. The standard InChI is InChI=1S/C72H76BN3O/c1-67(2,3)46-26-31-50(32-27-46)74(51-33-28-47(29-34-51)68(4,5)6)52-43-60-63-61(44-52)76-64-56(71(13)38-20-21-39-72(71,76)14)41-49(70(10,11)12)42-58(64)73(63)57-36-35-54-53-24-18-19-25-62(53)77-66(54)65(57)75(60)59-37-30-48(69(7,8)9)40-55(59)45-22-16-15-17-23-45/h15-19,22-37,40-44H,20-21,38-39H2,1-14H3. The summed E-state index contributed by atoms with van der Waals surface area (Å²) < 4.78 is 7.35. The van der Waals surface area contributed by atoms with Crippen LogP contribution in [0.25, 0.3) is 33.1 Å². The van der Waals surface area contributed by atoms with Crippen LogP contribution in [0.4, 0.5) is 45.5 Å². The number of hydrogen-bond acceptors (Lipinski definition) is 4. The Kier molecular flexibility index (Phi) is 10.8. The van der Waals surface area contributed by atoms with Crippen LogP contribution in [0.15, 0.2) is 162 Å². The van der Waals surface area contributed by atoms with Crippen molar-refractivity contribution in [3.05, 3.63) is 186 Å². The maximum Gasteiger partial charge on any atom is 0.252 e. The van der Waals surface area contributed by atoms with Crippen molar-refractivity contribution in [3.8, 4) is 11.1 Å². The Morgan fingerprint density at radius 1 is 0.481 bits per heavy atom. The topological polar surface area (TPSA) is 22.9 Å². The maximum absolute atomic E-state index is 7.35. The summed E-state index contributed by atoms with van der Waals surface area (Å²) in [6, 6.07) is 61.0. The Morgan fingerprint density at radius 2 is 1.06 bits per heavy atom. The van der Waals surface area contributed by atoms with Crippen LogP contribution in [0.3, 0.4) is 0 Å². The molecule has 1 fully saturated rings. The molecule has 2 atom stereocenters. The second-order valence-electron chi connectivity index (χ2n) is 27.8. The minimum Gasteiger partial charge on any atom is -0.454 e. The van der Waals surface area contributed by atoms with E-state index in [2.05, 4.69) is 269 Å². The lowest BCUT2D eigenvalue weighted by Crippen LogP contribution is -2.64. The Labute approximate surface area is 459 Å². The van der Waals surface area contributed by atoms with Gasteiger partial charge in [0.25, 0.3) is 6.71 Å². The van der Waals surface area contributed by atoms with Crippen LogP contribution in [0.1, 0.15) is 150 Å². The van der Waals surface area contributed by atoms with Gasteiger partial charge < -0.3 is 19.1 Å². The van der Waals surface area contributed by atoms with E-state index in [9.17, 15) is 0 Å². The number of rotatable bonds is 5. The summed E-state index contributed by atoms with van der Waals surface area (Å²) in [4.78, 5) is 8.09. The zero-order chi connectivity index (χ0) is 53.9. The highest BCUT2D eigenvalue weighted by atomic mass is 16.3. The average Bonchev–Trinajstić information content (AvgIpc) is 3.07. The zero-order valence-corrected chi connectivity index (χ0v) is 48.2. The summed E-state index contributed by atoms with van der Waals surface area (Å²) in [6.45, 7) is 33.2. The summed E-state index contributed by atoms with van der Waals surface area (Å²) in [7, 11) is 0. The van der Waals surface area contributed by atoms with E-state index in [4.69, 9.17) is 4.42 Å². The quantitative estimate of drug-likeness (QED) is 0.160. The van der Waals surface area contributed by atoms with E-state index in [-0.39, 0.29) is 39.3 Å². The molecule has 0 radical (unpaired) electrons. The van der Waals surface area contributed by atoms with Crippen molar-refractivity contribution in [2.45, 2.75) is 155 Å². The highest BCUT2D eigenvalue weighted by Gasteiger charge is 2.62. The van der Waals surface area contributed by atoms with Crippen LogP contribution < -0.4 is 31.1 Å². The fourth-order valence-electron chi connectivity index (χ4n) is 14.1. The third-order valence-corrected chi connectivity index (χ3v) is 18.8. The molecule has 13 rings (SSSR count). The fourth-order valence-corrected chi connectivity index (χ4v) is 14.1. The third-order valence-electron chi connectivity index (χ3n) is 18.8. The molecular formula is C72H76BN3O. The smallest absolute Gasteiger partial charge is 0.252 e. The van der Waals surface area contributed by atoms with Gasteiger partial charge in [0.05, 0.1) is 22.6 Å². The summed E-state index contributed by atoms with van der Waals surface area (Å²) >= 11 is 0. The highest BCUT2D eigenvalue weighted by molar-refractivity contribution is 7.00. The molecule has 8 aromatic carbocycles. The van der Waals surface area contributed by atoms with Crippen LogP contribution in [0, 0.1) is 0 Å². The van der Waals surface area contributed by atoms with Gasteiger partial charge in [0.2, 0.25) is 0 Å². The minimum absolute atomic E-state index is 0.00734. The van der Waals surface area contributed by atoms with Gasteiger partial charge in [-0.15, -0.1) is 0 Å². The van der Waals surface area contributed by atoms with Crippen LogP contribution >= 0.6 is 0 Å². The average molecular weight is 1010 g/mol. The molecule has 0 bridgehead atoms. The first-order valence-corrected chi connectivity index (χ1v) is 28.6. The molecule has 9 aromatic rings. The molecule has 4 heterocycles. The number of para-hydroxylation sites is 1. The van der Waals surface area contributed by atoms with Crippen molar-refractivity contribution in [2.75, 3.05) is 14.7 Å². The molecule has 0 saturated heterocycles. The third kappa shape index (κ3) is 7.45. The number of furan rings is 1. The minimum atomic E-state index is -0.179. The van der Waals surface area contributed by atoms with Gasteiger partial charge in [0.1, 0.15) is 5.58 Å². The van der Waals surface area contributed by atoms with E-state index in [1.54, 1.807) is 0 Å². The molecule has 2 unspecified atom stereocenters. The number of benzene rings is 8. The van der Waals surface area contributed by atoms with Crippen LogP contribution in [0.2, 0.25) is 0 Å². The zero-order valence-electron chi connectivity index (χ0n) is 48.2. The van der Waals surface area contributed by atoms with Crippen molar-refractivity contribution < 1.29 is 4.42 Å². The second kappa shape index (κ2) is 16.8. The lowest BCUT2D eigenvalue weighted by atomic mass is 9.33. The molecule has 0 spiro atoms. The van der Waals surface area contributed by atoms with Gasteiger partial charge in [-0.1, -0.05) is 206 Å². The monoisotopic (exact) mass is 1010 g/mol.